The topological polar surface area (TPSA) is 67.2 Å². The highest BCUT2D eigenvalue weighted by Crippen LogP contribution is 2.24. The number of hydrogen-bond donors (Lipinski definition) is 1. The minimum absolute atomic E-state index is 0.0181. The van der Waals surface area contributed by atoms with Crippen molar-refractivity contribution in [3.63, 3.8) is 0 Å². The molecule has 0 bridgehead atoms. The molecule has 0 unspecified atom stereocenters. The van der Waals surface area contributed by atoms with Gasteiger partial charge < -0.3 is 10.2 Å². The van der Waals surface area contributed by atoms with Gasteiger partial charge in [0.2, 0.25) is 11.8 Å². The Balaban J connectivity index is 1.73. The minimum Gasteiger partial charge on any atom is -0.351 e. The molecule has 114 valence electrons. The number of nitrogens with one attached hydrogen (secondary N) is 1. The maximum atomic E-state index is 12.4. The van der Waals surface area contributed by atoms with E-state index in [-0.39, 0.29) is 11.8 Å². The number of hydrogen-bond acceptors (Lipinski definition) is 3. The second kappa shape index (κ2) is 5.87. The molecule has 1 aromatic rings. The number of rotatable bonds is 5. The highest BCUT2D eigenvalue weighted by Gasteiger charge is 2.35. The van der Waals surface area contributed by atoms with Crippen LogP contribution in [0.15, 0.2) is 12.3 Å². The molecule has 1 aliphatic carbocycles. The van der Waals surface area contributed by atoms with Crippen LogP contribution in [-0.4, -0.2) is 39.1 Å². The summed E-state index contributed by atoms with van der Waals surface area (Å²) >= 11 is 0. The van der Waals surface area contributed by atoms with Crippen molar-refractivity contribution in [1.29, 1.82) is 0 Å². The number of amides is 2. The zero-order valence-electron chi connectivity index (χ0n) is 12.4. The first-order valence-electron chi connectivity index (χ1n) is 7.79. The summed E-state index contributed by atoms with van der Waals surface area (Å²) in [5.74, 6) is 0.115. The van der Waals surface area contributed by atoms with Crippen molar-refractivity contribution in [2.45, 2.75) is 57.7 Å². The normalized spacial score (nSPS) is 21.0. The molecular weight excluding hydrogens is 268 g/mol. The third kappa shape index (κ3) is 3.09. The average Bonchev–Trinajstić information content (AvgIpc) is 3.16. The Morgan fingerprint density at radius 1 is 1.43 bits per heavy atom. The standard InChI is InChI=1S/C15H22N4O2/c1-2-3-4-14(20)18-9-12-7-8-16-19(12)13(10-18)15(21)17-11-5-6-11/h7-8,11,13H,2-6,9-10H2,1H3,(H,17,21)/t13-/m1/s1. The van der Waals surface area contributed by atoms with Crippen molar-refractivity contribution in [3.05, 3.63) is 18.0 Å². The van der Waals surface area contributed by atoms with E-state index in [2.05, 4.69) is 17.3 Å². The monoisotopic (exact) mass is 290 g/mol. The van der Waals surface area contributed by atoms with Crippen LogP contribution in [0.2, 0.25) is 0 Å². The van der Waals surface area contributed by atoms with Crippen LogP contribution in [0.25, 0.3) is 0 Å². The van der Waals surface area contributed by atoms with E-state index < -0.39 is 6.04 Å². The summed E-state index contributed by atoms with van der Waals surface area (Å²) in [6, 6.07) is 1.81. The van der Waals surface area contributed by atoms with Crippen molar-refractivity contribution in [3.8, 4) is 0 Å². The summed E-state index contributed by atoms with van der Waals surface area (Å²) in [4.78, 5) is 26.4. The minimum atomic E-state index is -0.394. The maximum absolute atomic E-state index is 12.4. The van der Waals surface area contributed by atoms with Crippen molar-refractivity contribution < 1.29 is 9.59 Å². The van der Waals surface area contributed by atoms with Gasteiger partial charge in [-0.25, -0.2) is 0 Å². The zero-order valence-corrected chi connectivity index (χ0v) is 12.4. The molecular formula is C15H22N4O2. The first-order chi connectivity index (χ1) is 10.2. The first kappa shape index (κ1) is 14.1. The molecule has 3 rings (SSSR count). The van der Waals surface area contributed by atoms with Crippen LogP contribution in [0.3, 0.4) is 0 Å². The molecule has 1 saturated carbocycles. The highest BCUT2D eigenvalue weighted by molar-refractivity contribution is 5.83. The number of nitrogens with zero attached hydrogens (tertiary/aromatic N) is 3. The molecule has 1 atom stereocenters. The lowest BCUT2D eigenvalue weighted by Gasteiger charge is -2.33. The van der Waals surface area contributed by atoms with E-state index in [9.17, 15) is 9.59 Å². The Labute approximate surface area is 124 Å². The summed E-state index contributed by atoms with van der Waals surface area (Å²) in [6.45, 7) is 3.05. The Bertz CT molecular complexity index is 536. The van der Waals surface area contributed by atoms with E-state index in [1.54, 1.807) is 15.8 Å². The Kier molecular flexibility index (Phi) is 3.94. The van der Waals surface area contributed by atoms with Gasteiger partial charge >= 0.3 is 0 Å². The van der Waals surface area contributed by atoms with E-state index >= 15 is 0 Å². The molecule has 1 aromatic heterocycles. The number of unbranched alkanes of at least 4 members (excludes halogenated alkanes) is 1. The smallest absolute Gasteiger partial charge is 0.246 e. The Morgan fingerprint density at radius 3 is 2.95 bits per heavy atom. The zero-order chi connectivity index (χ0) is 14.8. The highest BCUT2D eigenvalue weighted by atomic mass is 16.2. The third-order valence-corrected chi connectivity index (χ3v) is 4.12. The number of carbonyl (C=O) groups is 2. The fourth-order valence-electron chi connectivity index (χ4n) is 2.69. The van der Waals surface area contributed by atoms with Crippen molar-refractivity contribution >= 4 is 11.8 Å². The van der Waals surface area contributed by atoms with E-state index in [0.717, 1.165) is 31.4 Å². The van der Waals surface area contributed by atoms with Gasteiger partial charge in [-0.1, -0.05) is 13.3 Å². The molecule has 0 spiro atoms. The van der Waals surface area contributed by atoms with Gasteiger partial charge in [-0.05, 0) is 25.3 Å². The second-order valence-electron chi connectivity index (χ2n) is 5.94. The second-order valence-corrected chi connectivity index (χ2v) is 5.94. The van der Waals surface area contributed by atoms with Gasteiger partial charge in [-0.3, -0.25) is 14.3 Å². The summed E-state index contributed by atoms with van der Waals surface area (Å²) < 4.78 is 1.77. The van der Waals surface area contributed by atoms with Gasteiger partial charge in [0.25, 0.3) is 0 Å². The number of carbonyl (C=O) groups excluding carboxylic acids is 2. The van der Waals surface area contributed by atoms with Crippen LogP contribution in [0.1, 0.15) is 50.8 Å². The summed E-state index contributed by atoms with van der Waals surface area (Å²) in [5, 5.41) is 7.28. The fourth-order valence-corrected chi connectivity index (χ4v) is 2.69. The van der Waals surface area contributed by atoms with Crippen molar-refractivity contribution in [2.24, 2.45) is 0 Å². The molecule has 0 aromatic carbocycles. The molecule has 2 amide bonds. The van der Waals surface area contributed by atoms with Crippen LogP contribution >= 0.6 is 0 Å². The number of aromatic nitrogens is 2. The van der Waals surface area contributed by atoms with E-state index in [1.807, 2.05) is 6.07 Å². The molecule has 6 heteroatoms. The molecule has 2 heterocycles. The van der Waals surface area contributed by atoms with Gasteiger partial charge in [0, 0.05) is 18.7 Å². The Morgan fingerprint density at radius 2 is 2.24 bits per heavy atom. The van der Waals surface area contributed by atoms with Crippen LogP contribution < -0.4 is 5.32 Å². The van der Waals surface area contributed by atoms with E-state index in [1.165, 1.54) is 0 Å². The molecule has 0 radical (unpaired) electrons. The molecule has 2 aliphatic rings. The lowest BCUT2D eigenvalue weighted by Crippen LogP contribution is -2.47. The van der Waals surface area contributed by atoms with Crippen LogP contribution in [-0.2, 0) is 16.1 Å². The molecule has 0 saturated heterocycles. The van der Waals surface area contributed by atoms with Crippen LogP contribution in [0, 0.1) is 0 Å². The van der Waals surface area contributed by atoms with Crippen molar-refractivity contribution in [2.75, 3.05) is 6.54 Å². The molecule has 6 nitrogen and oxygen atoms in total. The molecule has 1 fully saturated rings. The SMILES string of the molecule is CCCCC(=O)N1Cc2ccnn2[C@@H](C(=O)NC2CC2)C1. The molecule has 1 N–H and O–H groups in total. The van der Waals surface area contributed by atoms with Gasteiger partial charge in [0.1, 0.15) is 6.04 Å². The molecule has 1 aliphatic heterocycles. The van der Waals surface area contributed by atoms with Crippen molar-refractivity contribution in [1.82, 2.24) is 20.0 Å². The van der Waals surface area contributed by atoms with Gasteiger partial charge in [-0.15, -0.1) is 0 Å². The Hall–Kier alpha value is -1.85. The van der Waals surface area contributed by atoms with Crippen LogP contribution in [0.4, 0.5) is 0 Å². The maximum Gasteiger partial charge on any atom is 0.246 e. The van der Waals surface area contributed by atoms with Gasteiger partial charge in [-0.2, -0.15) is 5.10 Å². The lowest BCUT2D eigenvalue weighted by molar-refractivity contribution is -0.135. The predicted octanol–water partition coefficient (Wildman–Crippen LogP) is 1.24. The quantitative estimate of drug-likeness (QED) is 0.887. The average molecular weight is 290 g/mol. The van der Waals surface area contributed by atoms with E-state index in [4.69, 9.17) is 0 Å². The summed E-state index contributed by atoms with van der Waals surface area (Å²) in [6.07, 6.45) is 6.28. The van der Waals surface area contributed by atoms with E-state index in [0.29, 0.717) is 25.6 Å². The third-order valence-electron chi connectivity index (χ3n) is 4.12. The summed E-state index contributed by atoms with van der Waals surface area (Å²) in [7, 11) is 0. The predicted molar refractivity (Wildman–Crippen MR) is 77.4 cm³/mol. The van der Waals surface area contributed by atoms with Gasteiger partial charge in [0.15, 0.2) is 0 Å². The van der Waals surface area contributed by atoms with Crippen LogP contribution in [0.5, 0.6) is 0 Å². The number of fused-ring (bicyclic) bond motifs is 1. The lowest BCUT2D eigenvalue weighted by atomic mass is 10.1. The summed E-state index contributed by atoms with van der Waals surface area (Å²) in [5.41, 5.74) is 0.932. The largest absolute Gasteiger partial charge is 0.351 e. The fraction of sp³-hybridized carbons (Fsp3) is 0.667. The first-order valence-corrected chi connectivity index (χ1v) is 7.79. The molecule has 21 heavy (non-hydrogen) atoms. The van der Waals surface area contributed by atoms with Gasteiger partial charge in [0.05, 0.1) is 18.8 Å².